The number of aryl methyl sites for hydroxylation is 1. The van der Waals surface area contributed by atoms with Crippen LogP contribution in [-0.4, -0.2) is 15.9 Å². The molecule has 1 aliphatic rings. The van der Waals surface area contributed by atoms with E-state index in [0.29, 0.717) is 0 Å². The third kappa shape index (κ3) is 2.34. The van der Waals surface area contributed by atoms with Crippen LogP contribution in [0.25, 0.3) is 0 Å². The maximum Gasteiger partial charge on any atom is 0.278 e. The van der Waals surface area contributed by atoms with E-state index < -0.39 is 0 Å². The standard InChI is InChI=1S/C15H16N4O/c16-14-13(17-8-9-18-14)15(20)19-12-7-3-5-10-4-1-2-6-11(10)12/h3,5,7-9H,1-2,4,6H2,(H2,16,18)(H,19,20). The Morgan fingerprint density at radius 1 is 1.15 bits per heavy atom. The number of fused-ring (bicyclic) bond motifs is 1. The Hall–Kier alpha value is -2.43. The molecule has 2 aromatic rings. The van der Waals surface area contributed by atoms with E-state index in [-0.39, 0.29) is 17.4 Å². The van der Waals surface area contributed by atoms with Gasteiger partial charge in [-0.15, -0.1) is 0 Å². The number of nitrogens with zero attached hydrogens (tertiary/aromatic N) is 2. The van der Waals surface area contributed by atoms with Gasteiger partial charge in [-0.2, -0.15) is 0 Å². The van der Waals surface area contributed by atoms with Gasteiger partial charge in [0.1, 0.15) is 0 Å². The van der Waals surface area contributed by atoms with Crippen LogP contribution in [0.4, 0.5) is 11.5 Å². The van der Waals surface area contributed by atoms with Crippen LogP contribution in [0.15, 0.2) is 30.6 Å². The predicted octanol–water partition coefficient (Wildman–Crippen LogP) is 2.19. The first-order valence-corrected chi connectivity index (χ1v) is 6.74. The molecule has 3 rings (SSSR count). The number of hydrogen-bond donors (Lipinski definition) is 2. The van der Waals surface area contributed by atoms with E-state index in [4.69, 9.17) is 5.73 Å². The number of anilines is 2. The first kappa shape index (κ1) is 12.6. The van der Waals surface area contributed by atoms with Crippen molar-refractivity contribution in [2.75, 3.05) is 11.1 Å². The summed E-state index contributed by atoms with van der Waals surface area (Å²) in [5.74, 6) is -0.163. The average Bonchev–Trinajstić information content (AvgIpc) is 2.48. The molecule has 1 aromatic carbocycles. The topological polar surface area (TPSA) is 80.9 Å². The summed E-state index contributed by atoms with van der Waals surface area (Å²) in [6.07, 6.45) is 7.38. The molecule has 102 valence electrons. The number of nitrogen functional groups attached to an aromatic ring is 1. The van der Waals surface area contributed by atoms with Crippen LogP contribution in [0.2, 0.25) is 0 Å². The first-order valence-electron chi connectivity index (χ1n) is 6.74. The Morgan fingerprint density at radius 3 is 2.80 bits per heavy atom. The second-order valence-electron chi connectivity index (χ2n) is 4.89. The van der Waals surface area contributed by atoms with Crippen molar-refractivity contribution in [2.45, 2.75) is 25.7 Å². The van der Waals surface area contributed by atoms with Crippen molar-refractivity contribution in [3.8, 4) is 0 Å². The number of amides is 1. The minimum atomic E-state index is -0.311. The van der Waals surface area contributed by atoms with Gasteiger partial charge in [0.05, 0.1) is 0 Å². The molecule has 0 unspecified atom stereocenters. The van der Waals surface area contributed by atoms with Crippen molar-refractivity contribution in [1.82, 2.24) is 9.97 Å². The number of carbonyl (C=O) groups is 1. The van der Waals surface area contributed by atoms with Gasteiger partial charge in [-0.25, -0.2) is 9.97 Å². The van der Waals surface area contributed by atoms with E-state index in [1.165, 1.54) is 29.9 Å². The van der Waals surface area contributed by atoms with Crippen molar-refractivity contribution in [3.05, 3.63) is 47.4 Å². The summed E-state index contributed by atoms with van der Waals surface area (Å²) in [6, 6.07) is 6.02. The molecule has 1 amide bonds. The predicted molar refractivity (Wildman–Crippen MR) is 77.5 cm³/mol. The van der Waals surface area contributed by atoms with Gasteiger partial charge in [0, 0.05) is 18.1 Å². The fraction of sp³-hybridized carbons (Fsp3) is 0.267. The molecular weight excluding hydrogens is 252 g/mol. The fourth-order valence-electron chi connectivity index (χ4n) is 2.60. The third-order valence-electron chi connectivity index (χ3n) is 3.59. The lowest BCUT2D eigenvalue weighted by molar-refractivity contribution is 0.102. The molecule has 0 aliphatic heterocycles. The fourth-order valence-corrected chi connectivity index (χ4v) is 2.60. The van der Waals surface area contributed by atoms with Gasteiger partial charge in [-0.3, -0.25) is 4.79 Å². The third-order valence-corrected chi connectivity index (χ3v) is 3.59. The molecule has 5 nitrogen and oxygen atoms in total. The zero-order valence-corrected chi connectivity index (χ0v) is 11.1. The summed E-state index contributed by atoms with van der Waals surface area (Å²) in [5, 5.41) is 2.91. The number of nitrogens with one attached hydrogen (secondary N) is 1. The summed E-state index contributed by atoms with van der Waals surface area (Å²) in [6.45, 7) is 0. The molecular formula is C15H16N4O. The molecule has 0 bridgehead atoms. The van der Waals surface area contributed by atoms with Crippen molar-refractivity contribution < 1.29 is 4.79 Å². The van der Waals surface area contributed by atoms with Crippen LogP contribution in [0, 0.1) is 0 Å². The Balaban J connectivity index is 1.89. The SMILES string of the molecule is Nc1nccnc1C(=O)Nc1cccc2c1CCCC2. The molecule has 20 heavy (non-hydrogen) atoms. The second-order valence-corrected chi connectivity index (χ2v) is 4.89. The van der Waals surface area contributed by atoms with E-state index in [9.17, 15) is 4.79 Å². The van der Waals surface area contributed by atoms with Crippen molar-refractivity contribution >= 4 is 17.4 Å². The minimum absolute atomic E-state index is 0.148. The van der Waals surface area contributed by atoms with Gasteiger partial charge in [-0.05, 0) is 42.9 Å². The van der Waals surface area contributed by atoms with Gasteiger partial charge in [0.15, 0.2) is 11.5 Å². The lowest BCUT2D eigenvalue weighted by Crippen LogP contribution is -2.18. The molecule has 3 N–H and O–H groups in total. The highest BCUT2D eigenvalue weighted by Crippen LogP contribution is 2.28. The van der Waals surface area contributed by atoms with Crippen LogP contribution in [-0.2, 0) is 12.8 Å². The second kappa shape index (κ2) is 5.28. The summed E-state index contributed by atoms with van der Waals surface area (Å²) >= 11 is 0. The normalized spacial score (nSPS) is 13.6. The lowest BCUT2D eigenvalue weighted by atomic mass is 9.90. The van der Waals surface area contributed by atoms with E-state index >= 15 is 0 Å². The Labute approximate surface area is 117 Å². The van der Waals surface area contributed by atoms with E-state index in [0.717, 1.165) is 24.9 Å². The van der Waals surface area contributed by atoms with Gasteiger partial charge in [0.2, 0.25) is 0 Å². The molecule has 0 fully saturated rings. The van der Waals surface area contributed by atoms with Crippen molar-refractivity contribution in [1.29, 1.82) is 0 Å². The van der Waals surface area contributed by atoms with E-state index in [2.05, 4.69) is 21.4 Å². The molecule has 0 saturated heterocycles. The monoisotopic (exact) mass is 268 g/mol. The molecule has 1 heterocycles. The number of benzene rings is 1. The first-order chi connectivity index (χ1) is 9.75. The average molecular weight is 268 g/mol. The van der Waals surface area contributed by atoms with Gasteiger partial charge >= 0.3 is 0 Å². The highest BCUT2D eigenvalue weighted by atomic mass is 16.1. The number of nitrogens with two attached hydrogens (primary N) is 1. The van der Waals surface area contributed by atoms with Gasteiger partial charge in [-0.1, -0.05) is 12.1 Å². The maximum atomic E-state index is 12.2. The molecule has 1 aromatic heterocycles. The molecule has 5 heteroatoms. The highest BCUT2D eigenvalue weighted by Gasteiger charge is 2.17. The zero-order valence-electron chi connectivity index (χ0n) is 11.1. The number of hydrogen-bond acceptors (Lipinski definition) is 4. The zero-order chi connectivity index (χ0) is 13.9. The summed E-state index contributed by atoms with van der Waals surface area (Å²) in [7, 11) is 0. The van der Waals surface area contributed by atoms with Crippen LogP contribution < -0.4 is 11.1 Å². The smallest absolute Gasteiger partial charge is 0.278 e. The number of rotatable bonds is 2. The van der Waals surface area contributed by atoms with Crippen LogP contribution in [0.5, 0.6) is 0 Å². The molecule has 0 saturated carbocycles. The summed E-state index contributed by atoms with van der Waals surface area (Å²) < 4.78 is 0. The Morgan fingerprint density at radius 2 is 1.95 bits per heavy atom. The Kier molecular flexibility index (Phi) is 3.33. The molecule has 0 radical (unpaired) electrons. The molecule has 0 spiro atoms. The lowest BCUT2D eigenvalue weighted by Gasteiger charge is -2.19. The Bertz CT molecular complexity index is 654. The van der Waals surface area contributed by atoms with Gasteiger partial charge in [0.25, 0.3) is 5.91 Å². The largest absolute Gasteiger partial charge is 0.382 e. The summed E-state index contributed by atoms with van der Waals surface area (Å²) in [5.41, 5.74) is 9.26. The van der Waals surface area contributed by atoms with Gasteiger partial charge < -0.3 is 11.1 Å². The minimum Gasteiger partial charge on any atom is -0.382 e. The van der Waals surface area contributed by atoms with Crippen molar-refractivity contribution in [3.63, 3.8) is 0 Å². The molecule has 0 atom stereocenters. The quantitative estimate of drug-likeness (QED) is 0.874. The molecule has 1 aliphatic carbocycles. The van der Waals surface area contributed by atoms with E-state index in [1.807, 2.05) is 12.1 Å². The number of aromatic nitrogens is 2. The summed E-state index contributed by atoms with van der Waals surface area (Å²) in [4.78, 5) is 20.1. The highest BCUT2D eigenvalue weighted by molar-refractivity contribution is 6.06. The van der Waals surface area contributed by atoms with Crippen LogP contribution in [0.1, 0.15) is 34.5 Å². The van der Waals surface area contributed by atoms with Crippen LogP contribution in [0.3, 0.4) is 0 Å². The maximum absolute atomic E-state index is 12.2. The van der Waals surface area contributed by atoms with Crippen LogP contribution >= 0.6 is 0 Å². The number of carbonyl (C=O) groups excluding carboxylic acids is 1. The van der Waals surface area contributed by atoms with Crippen molar-refractivity contribution in [2.24, 2.45) is 0 Å². The van der Waals surface area contributed by atoms with E-state index in [1.54, 1.807) is 0 Å².